The summed E-state index contributed by atoms with van der Waals surface area (Å²) in [4.78, 5) is 11.4. The number of piperidine rings is 1. The Bertz CT molecular complexity index is 517. The fraction of sp³-hybridized carbons (Fsp3) is 0.611. The van der Waals surface area contributed by atoms with Gasteiger partial charge in [0.1, 0.15) is 0 Å². The van der Waals surface area contributed by atoms with E-state index in [0.717, 1.165) is 37.9 Å². The van der Waals surface area contributed by atoms with Crippen LogP contribution >= 0.6 is 11.6 Å². The van der Waals surface area contributed by atoms with Gasteiger partial charge in [0.15, 0.2) is 0 Å². The van der Waals surface area contributed by atoms with Crippen LogP contribution in [0.5, 0.6) is 0 Å². The van der Waals surface area contributed by atoms with Crippen LogP contribution in [-0.2, 0) is 10.4 Å². The fourth-order valence-corrected chi connectivity index (χ4v) is 3.50. The number of benzene rings is 1. The van der Waals surface area contributed by atoms with E-state index in [4.69, 9.17) is 11.6 Å². The van der Waals surface area contributed by atoms with Gasteiger partial charge in [-0.2, -0.15) is 0 Å². The first kappa shape index (κ1) is 18.2. The molecule has 2 unspecified atom stereocenters. The molecular weight excluding hydrogens is 312 g/mol. The first-order valence-electron chi connectivity index (χ1n) is 8.52. The first-order valence-corrected chi connectivity index (χ1v) is 8.90. The average Bonchev–Trinajstić information content (AvgIpc) is 2.59. The largest absolute Gasteiger partial charge is 0.385 e. The number of nitrogens with one attached hydrogen (secondary N) is 2. The third-order valence-electron chi connectivity index (χ3n) is 4.67. The zero-order valence-electron chi connectivity index (χ0n) is 13.8. The van der Waals surface area contributed by atoms with Crippen molar-refractivity contribution in [3.8, 4) is 0 Å². The van der Waals surface area contributed by atoms with Gasteiger partial charge < -0.3 is 15.7 Å². The minimum Gasteiger partial charge on any atom is -0.385 e. The van der Waals surface area contributed by atoms with Gasteiger partial charge in [-0.1, -0.05) is 30.7 Å². The highest BCUT2D eigenvalue weighted by molar-refractivity contribution is 6.30. The minimum atomic E-state index is -0.907. The highest BCUT2D eigenvalue weighted by Crippen LogP contribution is 2.38. The molecule has 1 aromatic rings. The van der Waals surface area contributed by atoms with Gasteiger partial charge in [0.2, 0.25) is 5.91 Å². The Balaban J connectivity index is 2.09. The Kier molecular flexibility index (Phi) is 6.88. The molecule has 1 aliphatic rings. The summed E-state index contributed by atoms with van der Waals surface area (Å²) in [6.07, 6.45) is 3.91. The Labute approximate surface area is 143 Å². The SMILES string of the molecule is CCC(=O)NCCCC(O)(c1cccc(Cl)c1)C1CCCNC1. The molecule has 1 heterocycles. The molecule has 0 saturated carbocycles. The molecule has 0 radical (unpaired) electrons. The molecule has 2 atom stereocenters. The van der Waals surface area contributed by atoms with E-state index in [1.54, 1.807) is 0 Å². The molecule has 1 aliphatic heterocycles. The van der Waals surface area contributed by atoms with Crippen molar-refractivity contribution in [1.29, 1.82) is 0 Å². The smallest absolute Gasteiger partial charge is 0.219 e. The lowest BCUT2D eigenvalue weighted by Crippen LogP contribution is -2.44. The summed E-state index contributed by atoms with van der Waals surface area (Å²) in [6, 6.07) is 7.52. The molecule has 0 spiro atoms. The van der Waals surface area contributed by atoms with Gasteiger partial charge in [0.25, 0.3) is 0 Å². The molecule has 4 nitrogen and oxygen atoms in total. The second-order valence-electron chi connectivity index (χ2n) is 6.28. The van der Waals surface area contributed by atoms with Crippen molar-refractivity contribution in [3.63, 3.8) is 0 Å². The number of carbonyl (C=O) groups excluding carboxylic acids is 1. The number of aliphatic hydroxyl groups is 1. The molecule has 1 saturated heterocycles. The van der Waals surface area contributed by atoms with E-state index >= 15 is 0 Å². The van der Waals surface area contributed by atoms with Crippen LogP contribution in [0, 0.1) is 5.92 Å². The number of carbonyl (C=O) groups is 1. The van der Waals surface area contributed by atoms with Crippen molar-refractivity contribution >= 4 is 17.5 Å². The van der Waals surface area contributed by atoms with Crippen molar-refractivity contribution in [2.24, 2.45) is 5.92 Å². The summed E-state index contributed by atoms with van der Waals surface area (Å²) >= 11 is 6.13. The van der Waals surface area contributed by atoms with E-state index in [1.165, 1.54) is 0 Å². The Hall–Kier alpha value is -1.10. The molecule has 0 aromatic heterocycles. The molecule has 1 aromatic carbocycles. The second-order valence-corrected chi connectivity index (χ2v) is 6.72. The summed E-state index contributed by atoms with van der Waals surface area (Å²) in [7, 11) is 0. The molecule has 1 amide bonds. The topological polar surface area (TPSA) is 61.4 Å². The van der Waals surface area contributed by atoms with Crippen molar-refractivity contribution in [3.05, 3.63) is 34.9 Å². The summed E-state index contributed by atoms with van der Waals surface area (Å²) < 4.78 is 0. The predicted octanol–water partition coefficient (Wildman–Crippen LogP) is 2.83. The highest BCUT2D eigenvalue weighted by Gasteiger charge is 2.38. The van der Waals surface area contributed by atoms with Crippen LogP contribution in [0.3, 0.4) is 0 Å². The maximum absolute atomic E-state index is 11.4. The number of amides is 1. The van der Waals surface area contributed by atoms with E-state index in [9.17, 15) is 9.90 Å². The summed E-state index contributed by atoms with van der Waals surface area (Å²) in [5.41, 5.74) is -0.0320. The monoisotopic (exact) mass is 338 g/mol. The highest BCUT2D eigenvalue weighted by atomic mass is 35.5. The van der Waals surface area contributed by atoms with Gasteiger partial charge >= 0.3 is 0 Å². The minimum absolute atomic E-state index is 0.0515. The third-order valence-corrected chi connectivity index (χ3v) is 4.91. The van der Waals surface area contributed by atoms with Crippen molar-refractivity contribution in [1.82, 2.24) is 10.6 Å². The number of halogens is 1. The molecule has 3 N–H and O–H groups in total. The second kappa shape index (κ2) is 8.67. The molecule has 5 heteroatoms. The molecule has 128 valence electrons. The molecule has 0 bridgehead atoms. The average molecular weight is 339 g/mol. The Morgan fingerprint density at radius 3 is 3.00 bits per heavy atom. The third kappa shape index (κ3) is 4.93. The van der Waals surface area contributed by atoms with Crippen molar-refractivity contribution in [2.45, 2.75) is 44.6 Å². The maximum Gasteiger partial charge on any atom is 0.219 e. The van der Waals surface area contributed by atoms with Gasteiger partial charge in [0, 0.05) is 30.5 Å². The van der Waals surface area contributed by atoms with Gasteiger partial charge in [0.05, 0.1) is 5.60 Å². The summed E-state index contributed by atoms with van der Waals surface area (Å²) in [6.45, 7) is 4.25. The lowest BCUT2D eigenvalue weighted by Gasteiger charge is -2.39. The summed E-state index contributed by atoms with van der Waals surface area (Å²) in [5.74, 6) is 0.215. The number of rotatable bonds is 7. The lowest BCUT2D eigenvalue weighted by molar-refractivity contribution is -0.120. The number of hydrogen-bond donors (Lipinski definition) is 3. The molecule has 0 aliphatic carbocycles. The van der Waals surface area contributed by atoms with E-state index in [1.807, 2.05) is 31.2 Å². The quantitative estimate of drug-likeness (QED) is 0.670. The number of hydrogen-bond acceptors (Lipinski definition) is 3. The van der Waals surface area contributed by atoms with Gasteiger partial charge in [-0.15, -0.1) is 0 Å². The fourth-order valence-electron chi connectivity index (χ4n) is 3.31. The molecule has 2 rings (SSSR count). The molecule has 1 fully saturated rings. The molecular formula is C18H27ClN2O2. The van der Waals surface area contributed by atoms with E-state index < -0.39 is 5.60 Å². The normalized spacial score (nSPS) is 20.7. The standard InChI is InChI=1S/C18H27ClN2O2/c1-2-17(22)21-11-5-9-18(23,15-7-4-10-20-13-15)14-6-3-8-16(19)12-14/h3,6,8,12,15,20,23H,2,4-5,7,9-11,13H2,1H3,(H,21,22). The van der Waals surface area contributed by atoms with E-state index in [-0.39, 0.29) is 11.8 Å². The van der Waals surface area contributed by atoms with Gasteiger partial charge in [-0.25, -0.2) is 0 Å². The van der Waals surface area contributed by atoms with Crippen LogP contribution < -0.4 is 10.6 Å². The maximum atomic E-state index is 11.4. The zero-order chi connectivity index (χ0) is 16.7. The van der Waals surface area contributed by atoms with Gasteiger partial charge in [-0.05, 0) is 49.9 Å². The predicted molar refractivity (Wildman–Crippen MR) is 93.5 cm³/mol. The van der Waals surface area contributed by atoms with Crippen LogP contribution in [0.1, 0.15) is 44.6 Å². The zero-order valence-corrected chi connectivity index (χ0v) is 14.5. The van der Waals surface area contributed by atoms with Crippen LogP contribution in [0.4, 0.5) is 0 Å². The van der Waals surface area contributed by atoms with Crippen LogP contribution in [0.2, 0.25) is 5.02 Å². The lowest BCUT2D eigenvalue weighted by atomic mass is 9.74. The Morgan fingerprint density at radius 2 is 2.35 bits per heavy atom. The van der Waals surface area contributed by atoms with Crippen LogP contribution in [0.25, 0.3) is 0 Å². The first-order chi connectivity index (χ1) is 11.1. The van der Waals surface area contributed by atoms with Crippen molar-refractivity contribution in [2.75, 3.05) is 19.6 Å². The van der Waals surface area contributed by atoms with Crippen molar-refractivity contribution < 1.29 is 9.90 Å². The van der Waals surface area contributed by atoms with E-state index in [0.29, 0.717) is 24.4 Å². The van der Waals surface area contributed by atoms with Crippen LogP contribution in [0.15, 0.2) is 24.3 Å². The molecule has 23 heavy (non-hydrogen) atoms. The van der Waals surface area contributed by atoms with Gasteiger partial charge in [-0.3, -0.25) is 4.79 Å². The van der Waals surface area contributed by atoms with Crippen LogP contribution in [-0.4, -0.2) is 30.6 Å². The Morgan fingerprint density at radius 1 is 1.52 bits per heavy atom. The summed E-state index contributed by atoms with van der Waals surface area (Å²) in [5, 5.41) is 18.3. The van der Waals surface area contributed by atoms with E-state index in [2.05, 4.69) is 10.6 Å².